The Hall–Kier alpha value is -4.00. The average Bonchev–Trinajstić information content (AvgIpc) is 2.74. The van der Waals surface area contributed by atoms with E-state index in [1.54, 1.807) is 24.5 Å². The van der Waals surface area contributed by atoms with Crippen LogP contribution in [-0.2, 0) is 0 Å². The molecule has 4 rings (SSSR count). The van der Waals surface area contributed by atoms with E-state index in [-0.39, 0.29) is 11.4 Å². The molecule has 0 amide bonds. The number of phenolic OH excluding ortho intramolecular Hbond substituents is 1. The summed E-state index contributed by atoms with van der Waals surface area (Å²) in [6.07, 6.45) is 3.33. The van der Waals surface area contributed by atoms with Gasteiger partial charge in [0.25, 0.3) is 5.69 Å². The van der Waals surface area contributed by atoms with Crippen molar-refractivity contribution >= 4 is 22.3 Å². The van der Waals surface area contributed by atoms with Crippen molar-refractivity contribution in [2.45, 2.75) is 13.0 Å². The number of hydrogen-bond acceptors (Lipinski definition) is 6. The molecule has 0 aliphatic rings. The fraction of sp³-hybridized carbons (Fsp3) is 0.0909. The van der Waals surface area contributed by atoms with Gasteiger partial charge in [-0.2, -0.15) is 0 Å². The quantitative estimate of drug-likeness (QED) is 0.379. The van der Waals surface area contributed by atoms with Gasteiger partial charge in [-0.15, -0.1) is 0 Å². The number of rotatable bonds is 5. The largest absolute Gasteiger partial charge is 0.505 e. The average molecular weight is 386 g/mol. The van der Waals surface area contributed by atoms with E-state index in [0.29, 0.717) is 16.8 Å². The van der Waals surface area contributed by atoms with Crippen molar-refractivity contribution in [3.05, 3.63) is 100.0 Å². The van der Waals surface area contributed by atoms with Crippen molar-refractivity contribution in [3.63, 3.8) is 0 Å². The van der Waals surface area contributed by atoms with E-state index in [2.05, 4.69) is 15.3 Å². The van der Waals surface area contributed by atoms with Crippen molar-refractivity contribution in [2.24, 2.45) is 0 Å². The lowest BCUT2D eigenvalue weighted by Crippen LogP contribution is -2.13. The summed E-state index contributed by atoms with van der Waals surface area (Å²) < 4.78 is 0. The van der Waals surface area contributed by atoms with Gasteiger partial charge in [-0.1, -0.05) is 24.3 Å². The number of nitro groups is 1. The fourth-order valence-corrected chi connectivity index (χ4v) is 3.29. The number of aromatic hydroxyl groups is 1. The second-order valence-corrected chi connectivity index (χ2v) is 6.69. The molecule has 144 valence electrons. The first-order valence-electron chi connectivity index (χ1n) is 9.03. The van der Waals surface area contributed by atoms with Gasteiger partial charge in [-0.3, -0.25) is 15.1 Å². The summed E-state index contributed by atoms with van der Waals surface area (Å²) in [6, 6.07) is 17.0. The SMILES string of the molecule is Cc1ccc2ccc(C(Nc3cccc([N+](=O)[O-])c3)c3ccncc3)c(O)c2n1. The predicted molar refractivity (Wildman–Crippen MR) is 111 cm³/mol. The molecule has 0 fully saturated rings. The summed E-state index contributed by atoms with van der Waals surface area (Å²) in [6.45, 7) is 1.87. The second kappa shape index (κ2) is 7.55. The Morgan fingerprint density at radius 3 is 2.59 bits per heavy atom. The monoisotopic (exact) mass is 386 g/mol. The minimum atomic E-state index is -0.452. The summed E-state index contributed by atoms with van der Waals surface area (Å²) in [5.41, 5.74) is 3.35. The molecule has 0 spiro atoms. The number of non-ortho nitro benzene ring substituents is 1. The van der Waals surface area contributed by atoms with Crippen LogP contribution >= 0.6 is 0 Å². The normalized spacial score (nSPS) is 11.9. The third kappa shape index (κ3) is 3.70. The highest BCUT2D eigenvalue weighted by atomic mass is 16.6. The van der Waals surface area contributed by atoms with Gasteiger partial charge >= 0.3 is 0 Å². The molecule has 0 saturated heterocycles. The second-order valence-electron chi connectivity index (χ2n) is 6.69. The van der Waals surface area contributed by atoms with Crippen LogP contribution in [0.3, 0.4) is 0 Å². The van der Waals surface area contributed by atoms with Crippen LogP contribution in [0.2, 0.25) is 0 Å². The molecule has 7 nitrogen and oxygen atoms in total. The zero-order chi connectivity index (χ0) is 20.4. The van der Waals surface area contributed by atoms with Crippen LogP contribution in [0.5, 0.6) is 5.75 Å². The number of pyridine rings is 2. The molecule has 2 heterocycles. The topological polar surface area (TPSA) is 101 Å². The van der Waals surface area contributed by atoms with E-state index in [9.17, 15) is 15.2 Å². The van der Waals surface area contributed by atoms with Crippen molar-refractivity contribution in [1.29, 1.82) is 0 Å². The molecule has 2 aromatic heterocycles. The van der Waals surface area contributed by atoms with Crippen LogP contribution in [0.4, 0.5) is 11.4 Å². The summed E-state index contributed by atoms with van der Waals surface area (Å²) in [5.74, 6) is 0.0749. The molecule has 2 N–H and O–H groups in total. The Morgan fingerprint density at radius 2 is 1.83 bits per heavy atom. The lowest BCUT2D eigenvalue weighted by molar-refractivity contribution is -0.384. The van der Waals surface area contributed by atoms with Gasteiger partial charge in [-0.05, 0) is 36.8 Å². The highest BCUT2D eigenvalue weighted by Gasteiger charge is 2.21. The van der Waals surface area contributed by atoms with Crippen LogP contribution < -0.4 is 5.32 Å². The van der Waals surface area contributed by atoms with Crippen molar-refractivity contribution in [2.75, 3.05) is 5.32 Å². The summed E-state index contributed by atoms with van der Waals surface area (Å²) in [7, 11) is 0. The number of benzene rings is 2. The Kier molecular flexibility index (Phi) is 4.78. The number of nitro benzene ring substituents is 1. The van der Waals surface area contributed by atoms with E-state index in [1.165, 1.54) is 12.1 Å². The number of hydrogen-bond donors (Lipinski definition) is 2. The van der Waals surface area contributed by atoms with Crippen molar-refractivity contribution in [1.82, 2.24) is 9.97 Å². The van der Waals surface area contributed by atoms with Crippen LogP contribution in [-0.4, -0.2) is 20.0 Å². The van der Waals surface area contributed by atoms with E-state index in [0.717, 1.165) is 16.6 Å². The molecule has 0 aliphatic carbocycles. The summed E-state index contributed by atoms with van der Waals surface area (Å²) >= 11 is 0. The van der Waals surface area contributed by atoms with Crippen LogP contribution in [0, 0.1) is 17.0 Å². The molecule has 0 saturated carbocycles. The third-order valence-electron chi connectivity index (χ3n) is 4.72. The third-order valence-corrected chi connectivity index (χ3v) is 4.72. The number of anilines is 1. The maximum Gasteiger partial charge on any atom is 0.271 e. The minimum Gasteiger partial charge on any atom is -0.505 e. The van der Waals surface area contributed by atoms with E-state index >= 15 is 0 Å². The minimum absolute atomic E-state index is 0.0106. The lowest BCUT2D eigenvalue weighted by Gasteiger charge is -2.22. The van der Waals surface area contributed by atoms with E-state index < -0.39 is 11.0 Å². The van der Waals surface area contributed by atoms with Gasteiger partial charge in [0.15, 0.2) is 0 Å². The first kappa shape index (κ1) is 18.4. The molecule has 4 aromatic rings. The van der Waals surface area contributed by atoms with Gasteiger partial charge in [-0.25, -0.2) is 4.98 Å². The molecule has 0 aliphatic heterocycles. The Balaban J connectivity index is 1.84. The molecule has 1 unspecified atom stereocenters. The highest BCUT2D eigenvalue weighted by Crippen LogP contribution is 2.36. The maximum atomic E-state index is 11.1. The van der Waals surface area contributed by atoms with Gasteiger partial charge in [0.1, 0.15) is 11.3 Å². The molecular formula is C22H18N4O3. The Bertz CT molecular complexity index is 1200. The first-order valence-corrected chi connectivity index (χ1v) is 9.03. The Labute approximate surface area is 166 Å². The summed E-state index contributed by atoms with van der Waals surface area (Å²) in [5, 5.41) is 26.3. The molecule has 0 bridgehead atoms. The van der Waals surface area contributed by atoms with E-state index in [4.69, 9.17) is 0 Å². The van der Waals surface area contributed by atoms with E-state index in [1.807, 2.05) is 43.3 Å². The van der Waals surface area contributed by atoms with Gasteiger partial charge < -0.3 is 10.4 Å². The zero-order valence-corrected chi connectivity index (χ0v) is 15.6. The maximum absolute atomic E-state index is 11.1. The molecule has 0 radical (unpaired) electrons. The number of nitrogens with one attached hydrogen (secondary N) is 1. The molecule has 29 heavy (non-hydrogen) atoms. The van der Waals surface area contributed by atoms with Crippen molar-refractivity contribution < 1.29 is 10.0 Å². The number of aryl methyl sites for hydroxylation is 1. The Morgan fingerprint density at radius 1 is 1.07 bits per heavy atom. The molecule has 2 aromatic carbocycles. The number of fused-ring (bicyclic) bond motifs is 1. The predicted octanol–water partition coefficient (Wildman–Crippen LogP) is 4.75. The van der Waals surface area contributed by atoms with Gasteiger partial charge in [0, 0.05) is 46.9 Å². The molecule has 1 atom stereocenters. The molecular weight excluding hydrogens is 368 g/mol. The highest BCUT2D eigenvalue weighted by molar-refractivity contribution is 5.86. The standard InChI is InChI=1S/C22H18N4O3/c1-14-5-6-15-7-8-19(22(27)21(15)24-14)20(16-9-11-23-12-10-16)25-17-3-2-4-18(13-17)26(28)29/h2-13,20,25,27H,1H3. The number of aromatic nitrogens is 2. The van der Waals surface area contributed by atoms with Crippen LogP contribution in [0.25, 0.3) is 10.9 Å². The number of nitrogens with zero attached hydrogens (tertiary/aromatic N) is 3. The molecule has 7 heteroatoms. The van der Waals surface area contributed by atoms with Crippen LogP contribution in [0.15, 0.2) is 73.1 Å². The first-order chi connectivity index (χ1) is 14.0. The zero-order valence-electron chi connectivity index (χ0n) is 15.6. The number of phenols is 1. The summed E-state index contributed by atoms with van der Waals surface area (Å²) in [4.78, 5) is 19.2. The van der Waals surface area contributed by atoms with Crippen molar-refractivity contribution in [3.8, 4) is 5.75 Å². The van der Waals surface area contributed by atoms with Gasteiger partial charge in [0.2, 0.25) is 0 Å². The van der Waals surface area contributed by atoms with Crippen LogP contribution in [0.1, 0.15) is 22.9 Å². The van der Waals surface area contributed by atoms with Gasteiger partial charge in [0.05, 0.1) is 11.0 Å². The lowest BCUT2D eigenvalue weighted by atomic mass is 9.96. The smallest absolute Gasteiger partial charge is 0.271 e. The fourth-order valence-electron chi connectivity index (χ4n) is 3.29.